The normalized spacial score (nSPS) is 20.2. The Morgan fingerprint density at radius 1 is 1.17 bits per heavy atom. The van der Waals surface area contributed by atoms with Crippen LogP contribution in [0.4, 0.5) is 5.82 Å². The fraction of sp³-hybridized carbons (Fsp3) is 0.292. The van der Waals surface area contributed by atoms with Crippen molar-refractivity contribution < 1.29 is 14.3 Å². The minimum atomic E-state index is -0.202. The van der Waals surface area contributed by atoms with Gasteiger partial charge < -0.3 is 15.0 Å². The van der Waals surface area contributed by atoms with Crippen LogP contribution in [-0.4, -0.2) is 41.9 Å². The average molecular weight is 403 g/mol. The Labute approximate surface area is 176 Å². The van der Waals surface area contributed by atoms with Crippen LogP contribution in [0.2, 0.25) is 0 Å². The fourth-order valence-corrected chi connectivity index (χ4v) is 4.21. The number of hydrogen-bond donors (Lipinski definition) is 1. The molecule has 2 aromatic rings. The molecule has 0 bridgehead atoms. The standard InChI is InChI=1S/C24H25N3O3/c1-16(28)25-22-10-8-18(24(26-22)30-2)9-11-23(29)27-14-20-12-19(13-21(20)15-27)17-6-4-3-5-7-17/h3-12,20-21H,13-15H2,1-2H3,(H,25,26,28). The summed E-state index contributed by atoms with van der Waals surface area (Å²) in [5, 5.41) is 2.62. The monoisotopic (exact) mass is 403 g/mol. The Morgan fingerprint density at radius 3 is 2.67 bits per heavy atom. The minimum Gasteiger partial charge on any atom is -0.481 e. The van der Waals surface area contributed by atoms with Gasteiger partial charge in [-0.05, 0) is 47.6 Å². The van der Waals surface area contributed by atoms with Crippen molar-refractivity contribution in [2.45, 2.75) is 13.3 Å². The van der Waals surface area contributed by atoms with Gasteiger partial charge >= 0.3 is 0 Å². The number of likely N-dealkylation sites (tertiary alicyclic amines) is 1. The molecule has 1 saturated heterocycles. The van der Waals surface area contributed by atoms with E-state index in [1.54, 1.807) is 24.3 Å². The summed E-state index contributed by atoms with van der Waals surface area (Å²) in [6, 6.07) is 13.9. The van der Waals surface area contributed by atoms with E-state index in [1.165, 1.54) is 25.2 Å². The minimum absolute atomic E-state index is 0.00736. The predicted octanol–water partition coefficient (Wildman–Crippen LogP) is 3.62. The molecule has 2 atom stereocenters. The molecule has 154 valence electrons. The molecule has 30 heavy (non-hydrogen) atoms. The highest BCUT2D eigenvalue weighted by molar-refractivity contribution is 5.93. The molecule has 6 heteroatoms. The number of allylic oxidation sites excluding steroid dienone is 1. The number of nitrogens with one attached hydrogen (secondary N) is 1. The molecule has 2 unspecified atom stereocenters. The van der Waals surface area contributed by atoms with Crippen LogP contribution in [-0.2, 0) is 9.59 Å². The number of pyridine rings is 1. The van der Waals surface area contributed by atoms with Gasteiger partial charge in [0.05, 0.1) is 7.11 Å². The van der Waals surface area contributed by atoms with Gasteiger partial charge in [-0.2, -0.15) is 4.98 Å². The van der Waals surface area contributed by atoms with Crippen LogP contribution in [0.5, 0.6) is 5.88 Å². The van der Waals surface area contributed by atoms with Crippen LogP contribution < -0.4 is 10.1 Å². The first kappa shape index (κ1) is 19.9. The smallest absolute Gasteiger partial charge is 0.246 e. The Balaban J connectivity index is 1.40. The molecular weight excluding hydrogens is 378 g/mol. The summed E-state index contributed by atoms with van der Waals surface area (Å²) < 4.78 is 5.29. The number of fused-ring (bicyclic) bond motifs is 1. The summed E-state index contributed by atoms with van der Waals surface area (Å²) in [6.45, 7) is 2.95. The number of aromatic nitrogens is 1. The molecule has 1 aromatic carbocycles. The number of benzene rings is 1. The lowest BCUT2D eigenvalue weighted by molar-refractivity contribution is -0.125. The molecule has 1 fully saturated rings. The van der Waals surface area contributed by atoms with Gasteiger partial charge in [-0.25, -0.2) is 0 Å². The average Bonchev–Trinajstić information content (AvgIpc) is 3.32. The maximum absolute atomic E-state index is 12.7. The highest BCUT2D eigenvalue weighted by Crippen LogP contribution is 2.40. The number of methoxy groups -OCH3 is 1. The predicted molar refractivity (Wildman–Crippen MR) is 117 cm³/mol. The van der Waals surface area contributed by atoms with Crippen LogP contribution in [0.15, 0.2) is 54.6 Å². The van der Waals surface area contributed by atoms with E-state index in [0.29, 0.717) is 29.1 Å². The van der Waals surface area contributed by atoms with Gasteiger partial charge in [0.2, 0.25) is 17.7 Å². The molecule has 0 radical (unpaired) electrons. The first-order valence-corrected chi connectivity index (χ1v) is 10.1. The Bertz CT molecular complexity index is 1010. The topological polar surface area (TPSA) is 71.5 Å². The van der Waals surface area contributed by atoms with E-state index >= 15 is 0 Å². The van der Waals surface area contributed by atoms with E-state index < -0.39 is 0 Å². The summed E-state index contributed by atoms with van der Waals surface area (Å²) in [5.74, 6) is 1.48. The van der Waals surface area contributed by atoms with Crippen molar-refractivity contribution in [2.24, 2.45) is 11.8 Å². The van der Waals surface area contributed by atoms with Gasteiger partial charge in [-0.15, -0.1) is 0 Å². The molecule has 2 aliphatic rings. The molecular formula is C24H25N3O3. The number of nitrogens with zero attached hydrogens (tertiary/aromatic N) is 2. The van der Waals surface area contributed by atoms with E-state index in [4.69, 9.17) is 4.74 Å². The maximum atomic E-state index is 12.7. The zero-order valence-corrected chi connectivity index (χ0v) is 17.2. The van der Waals surface area contributed by atoms with Crippen LogP contribution in [0.1, 0.15) is 24.5 Å². The number of carbonyl (C=O) groups excluding carboxylic acids is 2. The van der Waals surface area contributed by atoms with Crippen LogP contribution >= 0.6 is 0 Å². The number of amides is 2. The van der Waals surface area contributed by atoms with E-state index in [0.717, 1.165) is 19.5 Å². The van der Waals surface area contributed by atoms with Gasteiger partial charge in [0.25, 0.3) is 0 Å². The van der Waals surface area contributed by atoms with Gasteiger partial charge in [0.1, 0.15) is 5.82 Å². The van der Waals surface area contributed by atoms with E-state index in [-0.39, 0.29) is 11.8 Å². The van der Waals surface area contributed by atoms with Crippen LogP contribution in [0.25, 0.3) is 11.6 Å². The molecule has 0 spiro atoms. The number of anilines is 1. The number of ether oxygens (including phenoxy) is 1. The molecule has 1 N–H and O–H groups in total. The van der Waals surface area contributed by atoms with Gasteiger partial charge in [-0.1, -0.05) is 36.4 Å². The second-order valence-electron chi connectivity index (χ2n) is 7.74. The first-order valence-electron chi connectivity index (χ1n) is 10.1. The summed E-state index contributed by atoms with van der Waals surface area (Å²) in [7, 11) is 1.51. The Hall–Kier alpha value is -3.41. The van der Waals surface area contributed by atoms with Crippen molar-refractivity contribution in [3.63, 3.8) is 0 Å². The molecule has 2 amide bonds. The van der Waals surface area contributed by atoms with E-state index in [9.17, 15) is 9.59 Å². The van der Waals surface area contributed by atoms with Crippen LogP contribution in [0, 0.1) is 11.8 Å². The number of hydrogen-bond acceptors (Lipinski definition) is 4. The SMILES string of the molecule is COc1nc(NC(C)=O)ccc1C=CC(=O)N1CC2C=C(c3ccccc3)CC2C1. The summed E-state index contributed by atoms with van der Waals surface area (Å²) in [4.78, 5) is 30.1. The second kappa shape index (κ2) is 8.53. The van der Waals surface area contributed by atoms with E-state index in [2.05, 4.69) is 40.6 Å². The second-order valence-corrected chi connectivity index (χ2v) is 7.74. The summed E-state index contributed by atoms with van der Waals surface area (Å²) in [5.41, 5.74) is 3.36. The lowest BCUT2D eigenvalue weighted by Gasteiger charge is -2.15. The molecule has 1 aromatic heterocycles. The van der Waals surface area contributed by atoms with Crippen molar-refractivity contribution in [2.75, 3.05) is 25.5 Å². The molecule has 4 rings (SSSR count). The molecule has 2 heterocycles. The highest BCUT2D eigenvalue weighted by Gasteiger charge is 2.37. The third-order valence-electron chi connectivity index (χ3n) is 5.64. The first-order chi connectivity index (χ1) is 14.5. The summed E-state index contributed by atoms with van der Waals surface area (Å²) >= 11 is 0. The lowest BCUT2D eigenvalue weighted by Crippen LogP contribution is -2.27. The largest absolute Gasteiger partial charge is 0.481 e. The fourth-order valence-electron chi connectivity index (χ4n) is 4.21. The van der Waals surface area contributed by atoms with Gasteiger partial charge in [0, 0.05) is 31.7 Å². The third-order valence-corrected chi connectivity index (χ3v) is 5.64. The van der Waals surface area contributed by atoms with Gasteiger partial charge in [-0.3, -0.25) is 9.59 Å². The van der Waals surface area contributed by atoms with Crippen molar-refractivity contribution in [1.29, 1.82) is 0 Å². The highest BCUT2D eigenvalue weighted by atomic mass is 16.5. The van der Waals surface area contributed by atoms with E-state index in [1.807, 2.05) is 11.0 Å². The quantitative estimate of drug-likeness (QED) is 0.774. The van der Waals surface area contributed by atoms with Crippen molar-refractivity contribution >= 4 is 29.3 Å². The zero-order chi connectivity index (χ0) is 21.1. The maximum Gasteiger partial charge on any atom is 0.246 e. The molecule has 1 aliphatic heterocycles. The Morgan fingerprint density at radius 2 is 1.97 bits per heavy atom. The molecule has 0 saturated carbocycles. The van der Waals surface area contributed by atoms with Gasteiger partial charge in [0.15, 0.2) is 0 Å². The third kappa shape index (κ3) is 4.27. The van der Waals surface area contributed by atoms with Crippen molar-refractivity contribution in [3.8, 4) is 5.88 Å². The number of carbonyl (C=O) groups is 2. The summed E-state index contributed by atoms with van der Waals surface area (Å²) in [6.07, 6.45) is 6.64. The molecule has 6 nitrogen and oxygen atoms in total. The Kier molecular flexibility index (Phi) is 5.65. The lowest BCUT2D eigenvalue weighted by atomic mass is 9.98. The van der Waals surface area contributed by atoms with Crippen molar-refractivity contribution in [3.05, 3.63) is 65.7 Å². The van der Waals surface area contributed by atoms with Crippen molar-refractivity contribution in [1.82, 2.24) is 9.88 Å². The molecule has 1 aliphatic carbocycles. The number of rotatable bonds is 5. The van der Waals surface area contributed by atoms with Crippen LogP contribution in [0.3, 0.4) is 0 Å². The zero-order valence-electron chi connectivity index (χ0n) is 17.2.